The van der Waals surface area contributed by atoms with E-state index in [1.54, 1.807) is 0 Å². The zero-order valence-electron chi connectivity index (χ0n) is 9.48. The fraction of sp³-hybridized carbons (Fsp3) is 0.818. The maximum absolute atomic E-state index is 11.7. The number of hydrogen-bond acceptors (Lipinski definition) is 3. The topological polar surface area (TPSA) is 86.6 Å². The van der Waals surface area contributed by atoms with Gasteiger partial charge in [0.05, 0.1) is 18.6 Å². The van der Waals surface area contributed by atoms with Gasteiger partial charge in [-0.3, -0.25) is 9.59 Å². The fourth-order valence-electron chi connectivity index (χ4n) is 2.04. The minimum Gasteiger partial charge on any atom is -0.481 e. The van der Waals surface area contributed by atoms with Crippen LogP contribution >= 0.6 is 0 Å². The van der Waals surface area contributed by atoms with E-state index in [0.29, 0.717) is 25.7 Å². The standard InChI is InChI=1S/C11H19NO4/c1-2-9(6-13)12-10(14)7-3-4-8(5-7)11(15)16/h7-9,13H,2-6H2,1H3,(H,12,14)(H,15,16)/t7?,8?,9-/m0/s1. The number of rotatable bonds is 5. The fourth-order valence-corrected chi connectivity index (χ4v) is 2.04. The second-order valence-corrected chi connectivity index (χ2v) is 4.34. The van der Waals surface area contributed by atoms with Crippen LogP contribution < -0.4 is 5.32 Å². The molecule has 5 heteroatoms. The number of carboxylic acid groups (broad SMARTS) is 1. The highest BCUT2D eigenvalue weighted by Gasteiger charge is 2.34. The van der Waals surface area contributed by atoms with Crippen molar-refractivity contribution >= 4 is 11.9 Å². The molecule has 5 nitrogen and oxygen atoms in total. The number of aliphatic hydroxyl groups excluding tert-OH is 1. The van der Waals surface area contributed by atoms with Gasteiger partial charge in [-0.1, -0.05) is 6.92 Å². The van der Waals surface area contributed by atoms with Crippen LogP contribution in [0.15, 0.2) is 0 Å². The van der Waals surface area contributed by atoms with Crippen molar-refractivity contribution in [1.29, 1.82) is 0 Å². The van der Waals surface area contributed by atoms with E-state index >= 15 is 0 Å². The van der Waals surface area contributed by atoms with Crippen LogP contribution in [-0.4, -0.2) is 34.7 Å². The summed E-state index contributed by atoms with van der Waals surface area (Å²) in [6.45, 7) is 1.81. The molecule has 0 saturated heterocycles. The van der Waals surface area contributed by atoms with E-state index < -0.39 is 5.97 Å². The molecule has 0 aliphatic heterocycles. The van der Waals surface area contributed by atoms with E-state index in [4.69, 9.17) is 10.2 Å². The Hall–Kier alpha value is -1.10. The summed E-state index contributed by atoms with van der Waals surface area (Å²) in [5.74, 6) is -1.53. The van der Waals surface area contributed by atoms with E-state index in [1.807, 2.05) is 6.92 Å². The molecule has 0 aromatic heterocycles. The average Bonchev–Trinajstić information content (AvgIpc) is 2.74. The van der Waals surface area contributed by atoms with Crippen LogP contribution in [0.2, 0.25) is 0 Å². The molecule has 1 aliphatic carbocycles. The largest absolute Gasteiger partial charge is 0.481 e. The highest BCUT2D eigenvalue weighted by molar-refractivity contribution is 5.81. The molecule has 0 aromatic carbocycles. The Kier molecular flexibility index (Phi) is 4.73. The van der Waals surface area contributed by atoms with Crippen LogP contribution in [0.25, 0.3) is 0 Å². The summed E-state index contributed by atoms with van der Waals surface area (Å²) in [7, 11) is 0. The summed E-state index contributed by atoms with van der Waals surface area (Å²) in [5, 5.41) is 20.5. The van der Waals surface area contributed by atoms with Gasteiger partial charge < -0.3 is 15.5 Å². The van der Waals surface area contributed by atoms with Crippen LogP contribution in [0.3, 0.4) is 0 Å². The summed E-state index contributed by atoms with van der Waals surface area (Å²) < 4.78 is 0. The van der Waals surface area contributed by atoms with Gasteiger partial charge in [0.25, 0.3) is 0 Å². The maximum atomic E-state index is 11.7. The van der Waals surface area contributed by atoms with Gasteiger partial charge in [0, 0.05) is 5.92 Å². The Morgan fingerprint density at radius 1 is 1.38 bits per heavy atom. The Labute approximate surface area is 94.8 Å². The van der Waals surface area contributed by atoms with Crippen molar-refractivity contribution in [3.8, 4) is 0 Å². The van der Waals surface area contributed by atoms with Gasteiger partial charge in [0.2, 0.25) is 5.91 Å². The molecule has 1 aliphatic rings. The first-order chi connectivity index (χ1) is 7.58. The lowest BCUT2D eigenvalue weighted by Gasteiger charge is -2.17. The van der Waals surface area contributed by atoms with Crippen molar-refractivity contribution in [2.45, 2.75) is 38.6 Å². The predicted octanol–water partition coefficient (Wildman–Crippen LogP) is 0.374. The van der Waals surface area contributed by atoms with Crippen molar-refractivity contribution in [1.82, 2.24) is 5.32 Å². The maximum Gasteiger partial charge on any atom is 0.306 e. The Bertz CT molecular complexity index is 263. The summed E-state index contributed by atoms with van der Waals surface area (Å²) in [6.07, 6.45) is 2.30. The highest BCUT2D eigenvalue weighted by Crippen LogP contribution is 2.31. The van der Waals surface area contributed by atoms with Crippen molar-refractivity contribution in [3.63, 3.8) is 0 Å². The molecule has 0 aromatic rings. The molecule has 92 valence electrons. The number of carboxylic acids is 1. The van der Waals surface area contributed by atoms with Crippen molar-refractivity contribution in [2.75, 3.05) is 6.61 Å². The van der Waals surface area contributed by atoms with E-state index in [0.717, 1.165) is 0 Å². The van der Waals surface area contributed by atoms with E-state index in [1.165, 1.54) is 0 Å². The van der Waals surface area contributed by atoms with Crippen LogP contribution in [0.1, 0.15) is 32.6 Å². The molecule has 3 atom stereocenters. The number of aliphatic carboxylic acids is 1. The Balaban J connectivity index is 2.41. The molecule has 0 spiro atoms. The SMILES string of the molecule is CC[C@@H](CO)NC(=O)C1CCC(C(=O)O)C1. The van der Waals surface area contributed by atoms with Gasteiger partial charge in [0.15, 0.2) is 0 Å². The zero-order chi connectivity index (χ0) is 12.1. The zero-order valence-corrected chi connectivity index (χ0v) is 9.48. The lowest BCUT2D eigenvalue weighted by Crippen LogP contribution is -2.40. The van der Waals surface area contributed by atoms with Crippen LogP contribution in [0.4, 0.5) is 0 Å². The molecule has 1 fully saturated rings. The predicted molar refractivity (Wildman–Crippen MR) is 57.8 cm³/mol. The lowest BCUT2D eigenvalue weighted by molar-refractivity contribution is -0.141. The number of hydrogen-bond donors (Lipinski definition) is 3. The van der Waals surface area contributed by atoms with Crippen LogP contribution in [0.5, 0.6) is 0 Å². The lowest BCUT2D eigenvalue weighted by atomic mass is 10.0. The quantitative estimate of drug-likeness (QED) is 0.636. The van der Waals surface area contributed by atoms with E-state index in [2.05, 4.69) is 5.32 Å². The molecule has 3 N–H and O–H groups in total. The first kappa shape index (κ1) is 13.0. The normalized spacial score (nSPS) is 26.4. The van der Waals surface area contributed by atoms with E-state index in [-0.39, 0.29) is 30.4 Å². The molecule has 0 bridgehead atoms. The van der Waals surface area contributed by atoms with Gasteiger partial charge in [-0.25, -0.2) is 0 Å². The minimum atomic E-state index is -0.815. The Morgan fingerprint density at radius 3 is 2.44 bits per heavy atom. The van der Waals surface area contributed by atoms with Crippen LogP contribution in [-0.2, 0) is 9.59 Å². The molecule has 1 saturated carbocycles. The monoisotopic (exact) mass is 229 g/mol. The van der Waals surface area contributed by atoms with Crippen molar-refractivity contribution in [3.05, 3.63) is 0 Å². The number of amides is 1. The minimum absolute atomic E-state index is 0.0721. The van der Waals surface area contributed by atoms with Crippen molar-refractivity contribution < 1.29 is 19.8 Å². The summed E-state index contributed by atoms with van der Waals surface area (Å²) in [5.41, 5.74) is 0. The number of carbonyl (C=O) groups excluding carboxylic acids is 1. The Morgan fingerprint density at radius 2 is 2.00 bits per heavy atom. The second-order valence-electron chi connectivity index (χ2n) is 4.34. The number of aliphatic hydroxyl groups is 1. The number of nitrogens with one attached hydrogen (secondary N) is 1. The third-order valence-electron chi connectivity index (χ3n) is 3.21. The third-order valence-corrected chi connectivity index (χ3v) is 3.21. The molecule has 0 heterocycles. The van der Waals surface area contributed by atoms with Gasteiger partial charge in [0.1, 0.15) is 0 Å². The molecule has 16 heavy (non-hydrogen) atoms. The molecule has 2 unspecified atom stereocenters. The number of carbonyl (C=O) groups is 2. The average molecular weight is 229 g/mol. The van der Waals surface area contributed by atoms with Crippen molar-refractivity contribution in [2.24, 2.45) is 11.8 Å². The second kappa shape index (κ2) is 5.84. The first-order valence-corrected chi connectivity index (χ1v) is 5.72. The summed E-state index contributed by atoms with van der Waals surface area (Å²) in [6, 6.07) is -0.212. The van der Waals surface area contributed by atoms with Crippen LogP contribution in [0, 0.1) is 11.8 Å². The molecule has 1 rings (SSSR count). The highest BCUT2D eigenvalue weighted by atomic mass is 16.4. The van der Waals surface area contributed by atoms with Gasteiger partial charge in [-0.2, -0.15) is 0 Å². The molecule has 0 radical (unpaired) electrons. The molecular weight excluding hydrogens is 210 g/mol. The molecular formula is C11H19NO4. The third kappa shape index (κ3) is 3.20. The van der Waals surface area contributed by atoms with E-state index in [9.17, 15) is 9.59 Å². The van der Waals surface area contributed by atoms with Gasteiger partial charge >= 0.3 is 5.97 Å². The summed E-state index contributed by atoms with van der Waals surface area (Å²) in [4.78, 5) is 22.5. The molecule has 1 amide bonds. The van der Waals surface area contributed by atoms with Gasteiger partial charge in [-0.15, -0.1) is 0 Å². The summed E-state index contributed by atoms with van der Waals surface area (Å²) >= 11 is 0. The smallest absolute Gasteiger partial charge is 0.306 e. The first-order valence-electron chi connectivity index (χ1n) is 5.72. The van der Waals surface area contributed by atoms with Gasteiger partial charge in [-0.05, 0) is 25.7 Å².